The lowest BCUT2D eigenvalue weighted by Gasteiger charge is -2.37. The molecule has 2 N–H and O–H groups in total. The van der Waals surface area contributed by atoms with Crippen LogP contribution in [0.4, 0.5) is 0 Å². The molecule has 0 aromatic carbocycles. The summed E-state index contributed by atoms with van der Waals surface area (Å²) >= 11 is 0. The topological polar surface area (TPSA) is 46.3 Å². The Morgan fingerprint density at radius 1 is 1.21 bits per heavy atom. The summed E-state index contributed by atoms with van der Waals surface area (Å²) in [5, 5.41) is 0. The number of nitrogens with two attached hydrogens (primary N) is 1. The second-order valence-corrected chi connectivity index (χ2v) is 6.50. The fraction of sp³-hybridized carbons (Fsp3) is 0.938. The third kappa shape index (κ3) is 4.20. The summed E-state index contributed by atoms with van der Waals surface area (Å²) in [5.41, 5.74) is 6.10. The second-order valence-electron chi connectivity index (χ2n) is 6.50. The summed E-state index contributed by atoms with van der Waals surface area (Å²) < 4.78 is 0. The van der Waals surface area contributed by atoms with Gasteiger partial charge in [-0.2, -0.15) is 0 Å². The number of hydrogen-bond acceptors (Lipinski definition) is 2. The van der Waals surface area contributed by atoms with Crippen molar-refractivity contribution in [3.05, 3.63) is 0 Å². The Labute approximate surface area is 117 Å². The molecule has 0 aromatic heterocycles. The van der Waals surface area contributed by atoms with Gasteiger partial charge in [0.1, 0.15) is 0 Å². The van der Waals surface area contributed by atoms with E-state index in [2.05, 4.69) is 11.8 Å². The molecule has 3 nitrogen and oxygen atoms in total. The van der Waals surface area contributed by atoms with E-state index in [4.69, 9.17) is 5.73 Å². The van der Waals surface area contributed by atoms with Crippen molar-refractivity contribution in [1.29, 1.82) is 0 Å². The molecule has 19 heavy (non-hydrogen) atoms. The molecule has 0 spiro atoms. The summed E-state index contributed by atoms with van der Waals surface area (Å²) in [6, 6.07) is 0.299. The second kappa shape index (κ2) is 7.28. The van der Waals surface area contributed by atoms with Crippen LogP contribution in [0.15, 0.2) is 0 Å². The number of carbonyl (C=O) groups is 1. The first kappa shape index (κ1) is 14.8. The first-order valence-corrected chi connectivity index (χ1v) is 8.24. The molecule has 110 valence electrons. The average molecular weight is 266 g/mol. The van der Waals surface area contributed by atoms with Crippen LogP contribution in [0.25, 0.3) is 0 Å². The predicted molar refractivity (Wildman–Crippen MR) is 78.8 cm³/mol. The number of likely N-dealkylation sites (tertiary alicyclic amines) is 1. The van der Waals surface area contributed by atoms with Gasteiger partial charge in [0.15, 0.2) is 0 Å². The van der Waals surface area contributed by atoms with Gasteiger partial charge in [0.2, 0.25) is 5.91 Å². The molecule has 0 radical (unpaired) electrons. The molecule has 2 fully saturated rings. The maximum absolute atomic E-state index is 12.3. The van der Waals surface area contributed by atoms with E-state index < -0.39 is 0 Å². The van der Waals surface area contributed by atoms with E-state index in [0.717, 1.165) is 44.7 Å². The summed E-state index contributed by atoms with van der Waals surface area (Å²) in [4.78, 5) is 14.4. The van der Waals surface area contributed by atoms with Crippen LogP contribution < -0.4 is 5.73 Å². The van der Waals surface area contributed by atoms with Crippen molar-refractivity contribution in [2.45, 2.75) is 70.8 Å². The highest BCUT2D eigenvalue weighted by Crippen LogP contribution is 2.28. The summed E-state index contributed by atoms with van der Waals surface area (Å²) in [5.74, 6) is 1.69. The molecular formula is C16H30N2O. The molecular weight excluding hydrogens is 236 g/mol. The molecule has 1 saturated carbocycles. The number of hydrogen-bond donors (Lipinski definition) is 1. The third-order valence-corrected chi connectivity index (χ3v) is 5.16. The fourth-order valence-corrected chi connectivity index (χ4v) is 3.67. The fourth-order valence-electron chi connectivity index (χ4n) is 3.67. The summed E-state index contributed by atoms with van der Waals surface area (Å²) in [7, 11) is 0. The third-order valence-electron chi connectivity index (χ3n) is 5.16. The first-order valence-electron chi connectivity index (χ1n) is 8.24. The molecule has 0 aromatic rings. The Morgan fingerprint density at radius 3 is 2.63 bits per heavy atom. The van der Waals surface area contributed by atoms with Crippen molar-refractivity contribution in [2.75, 3.05) is 13.1 Å². The number of amides is 1. The van der Waals surface area contributed by atoms with Crippen molar-refractivity contribution in [3.8, 4) is 0 Å². The molecule has 0 bridgehead atoms. The highest BCUT2D eigenvalue weighted by molar-refractivity contribution is 5.76. The van der Waals surface area contributed by atoms with Gasteiger partial charge in [-0.1, -0.05) is 45.4 Å². The smallest absolute Gasteiger partial charge is 0.222 e. The molecule has 2 rings (SSSR count). The average Bonchev–Trinajstić information content (AvgIpc) is 2.46. The zero-order valence-corrected chi connectivity index (χ0v) is 12.4. The van der Waals surface area contributed by atoms with Crippen LogP contribution in [0.1, 0.15) is 64.7 Å². The summed E-state index contributed by atoms with van der Waals surface area (Å²) in [6.45, 7) is 3.95. The number of piperidine rings is 1. The van der Waals surface area contributed by atoms with Crippen molar-refractivity contribution >= 4 is 5.91 Å². The maximum Gasteiger partial charge on any atom is 0.222 e. The van der Waals surface area contributed by atoms with Gasteiger partial charge in [0, 0.05) is 25.6 Å². The lowest BCUT2D eigenvalue weighted by Crippen LogP contribution is -2.49. The molecule has 2 aliphatic rings. The van der Waals surface area contributed by atoms with E-state index in [1.165, 1.54) is 32.1 Å². The van der Waals surface area contributed by atoms with Gasteiger partial charge in [0.25, 0.3) is 0 Å². The van der Waals surface area contributed by atoms with Gasteiger partial charge < -0.3 is 10.6 Å². The Bertz CT molecular complexity index is 286. The van der Waals surface area contributed by atoms with Crippen LogP contribution >= 0.6 is 0 Å². The van der Waals surface area contributed by atoms with Crippen LogP contribution in [-0.2, 0) is 4.79 Å². The standard InChI is InChI=1S/C16H30N2O/c1-2-14-12-18(11-10-15(14)17)16(19)9-8-13-6-4-3-5-7-13/h13-15H,2-12,17H2,1H3. The largest absolute Gasteiger partial charge is 0.342 e. The SMILES string of the molecule is CCC1CN(C(=O)CCC2CCCCC2)CCC1N. The lowest BCUT2D eigenvalue weighted by molar-refractivity contribution is -0.133. The molecule has 1 amide bonds. The predicted octanol–water partition coefficient (Wildman–Crippen LogP) is 2.93. The molecule has 1 aliphatic carbocycles. The Hall–Kier alpha value is -0.570. The normalized spacial score (nSPS) is 29.5. The minimum absolute atomic E-state index is 0.299. The molecule has 3 heteroatoms. The quantitative estimate of drug-likeness (QED) is 0.850. The van der Waals surface area contributed by atoms with Gasteiger partial charge in [-0.05, 0) is 24.7 Å². The van der Waals surface area contributed by atoms with Crippen molar-refractivity contribution in [2.24, 2.45) is 17.6 Å². The van der Waals surface area contributed by atoms with Gasteiger partial charge in [-0.3, -0.25) is 4.79 Å². The number of carbonyl (C=O) groups excluding carboxylic acids is 1. The van der Waals surface area contributed by atoms with E-state index in [9.17, 15) is 4.79 Å². The van der Waals surface area contributed by atoms with Crippen molar-refractivity contribution in [3.63, 3.8) is 0 Å². The Kier molecular flexibility index (Phi) is 5.68. The zero-order chi connectivity index (χ0) is 13.7. The summed E-state index contributed by atoms with van der Waals surface area (Å²) in [6.07, 6.45) is 10.8. The van der Waals surface area contributed by atoms with Crippen LogP contribution in [0, 0.1) is 11.8 Å². The molecule has 2 atom stereocenters. The Balaban J connectivity index is 1.73. The number of rotatable bonds is 4. The van der Waals surface area contributed by atoms with E-state index in [1.807, 2.05) is 0 Å². The minimum Gasteiger partial charge on any atom is -0.342 e. The van der Waals surface area contributed by atoms with Crippen LogP contribution in [0.2, 0.25) is 0 Å². The lowest BCUT2D eigenvalue weighted by atomic mass is 9.85. The van der Waals surface area contributed by atoms with Gasteiger partial charge in [0.05, 0.1) is 0 Å². The molecule has 2 unspecified atom stereocenters. The Morgan fingerprint density at radius 2 is 1.95 bits per heavy atom. The highest BCUT2D eigenvalue weighted by atomic mass is 16.2. The maximum atomic E-state index is 12.3. The molecule has 1 saturated heterocycles. The van der Waals surface area contributed by atoms with E-state index in [1.54, 1.807) is 0 Å². The van der Waals surface area contributed by atoms with E-state index in [0.29, 0.717) is 17.9 Å². The zero-order valence-electron chi connectivity index (χ0n) is 12.4. The monoisotopic (exact) mass is 266 g/mol. The number of nitrogens with zero attached hydrogens (tertiary/aromatic N) is 1. The van der Waals surface area contributed by atoms with Crippen molar-refractivity contribution < 1.29 is 4.79 Å². The van der Waals surface area contributed by atoms with Crippen LogP contribution in [0.5, 0.6) is 0 Å². The minimum atomic E-state index is 0.299. The van der Waals surface area contributed by atoms with E-state index >= 15 is 0 Å². The van der Waals surface area contributed by atoms with Gasteiger partial charge in [-0.15, -0.1) is 0 Å². The molecule has 1 heterocycles. The molecule has 1 aliphatic heterocycles. The first-order chi connectivity index (χ1) is 9.20. The van der Waals surface area contributed by atoms with Crippen molar-refractivity contribution in [1.82, 2.24) is 4.90 Å². The van der Waals surface area contributed by atoms with Crippen LogP contribution in [0.3, 0.4) is 0 Å². The highest BCUT2D eigenvalue weighted by Gasteiger charge is 2.28. The van der Waals surface area contributed by atoms with Gasteiger partial charge in [-0.25, -0.2) is 0 Å². The van der Waals surface area contributed by atoms with Gasteiger partial charge >= 0.3 is 0 Å². The van der Waals surface area contributed by atoms with E-state index in [-0.39, 0.29) is 0 Å². The van der Waals surface area contributed by atoms with Crippen LogP contribution in [-0.4, -0.2) is 29.9 Å².